The molecule has 0 unspecified atom stereocenters. The van der Waals surface area contributed by atoms with E-state index in [4.69, 9.17) is 0 Å². The number of rotatable bonds is 5. The van der Waals surface area contributed by atoms with Gasteiger partial charge in [0.1, 0.15) is 12.7 Å². The number of amides is 1. The summed E-state index contributed by atoms with van der Waals surface area (Å²) in [5.74, 6) is -0.105. The molecule has 5 nitrogen and oxygen atoms in total. The van der Waals surface area contributed by atoms with Gasteiger partial charge in [0, 0.05) is 11.3 Å². The standard InChI is InChI=1S/C18H18N4O/c1-2-15-7-3-4-9-17(15)21-18(23)16-8-5-6-14(10-16)11-22-13-19-12-20-22/h3-10,12-13H,2,11H2,1H3,(H,21,23). The van der Waals surface area contributed by atoms with E-state index in [1.165, 1.54) is 6.33 Å². The number of carbonyl (C=O) groups excluding carboxylic acids is 1. The fraction of sp³-hybridized carbons (Fsp3) is 0.167. The molecule has 0 saturated heterocycles. The van der Waals surface area contributed by atoms with E-state index in [9.17, 15) is 4.79 Å². The molecule has 0 radical (unpaired) electrons. The second kappa shape index (κ2) is 6.87. The lowest BCUT2D eigenvalue weighted by molar-refractivity contribution is 0.102. The van der Waals surface area contributed by atoms with Crippen molar-refractivity contribution >= 4 is 11.6 Å². The molecule has 0 atom stereocenters. The highest BCUT2D eigenvalue weighted by Gasteiger charge is 2.09. The molecule has 3 aromatic rings. The summed E-state index contributed by atoms with van der Waals surface area (Å²) < 4.78 is 1.73. The van der Waals surface area contributed by atoms with E-state index in [0.717, 1.165) is 23.2 Å². The maximum Gasteiger partial charge on any atom is 0.255 e. The van der Waals surface area contributed by atoms with Crippen molar-refractivity contribution in [3.05, 3.63) is 77.9 Å². The van der Waals surface area contributed by atoms with E-state index in [2.05, 4.69) is 22.3 Å². The second-order valence-corrected chi connectivity index (χ2v) is 5.26. The van der Waals surface area contributed by atoms with Crippen LogP contribution in [0.1, 0.15) is 28.4 Å². The molecule has 0 aliphatic carbocycles. The van der Waals surface area contributed by atoms with Crippen LogP contribution in [0.15, 0.2) is 61.2 Å². The number of benzene rings is 2. The fourth-order valence-corrected chi connectivity index (χ4v) is 2.46. The Labute approximate surface area is 135 Å². The monoisotopic (exact) mass is 306 g/mol. The molecule has 0 aliphatic heterocycles. The molecule has 0 spiro atoms. The minimum Gasteiger partial charge on any atom is -0.322 e. The Balaban J connectivity index is 1.77. The molecule has 0 aliphatic rings. The minimum absolute atomic E-state index is 0.105. The van der Waals surface area contributed by atoms with Crippen molar-refractivity contribution in [1.29, 1.82) is 0 Å². The van der Waals surface area contributed by atoms with Gasteiger partial charge in [0.25, 0.3) is 5.91 Å². The van der Waals surface area contributed by atoms with E-state index >= 15 is 0 Å². The number of nitrogens with one attached hydrogen (secondary N) is 1. The summed E-state index contributed by atoms with van der Waals surface area (Å²) in [4.78, 5) is 16.4. The van der Waals surface area contributed by atoms with Crippen LogP contribution in [0, 0.1) is 0 Å². The van der Waals surface area contributed by atoms with Crippen LogP contribution in [-0.2, 0) is 13.0 Å². The SMILES string of the molecule is CCc1ccccc1NC(=O)c1cccc(Cn2cncn2)c1. The fourth-order valence-electron chi connectivity index (χ4n) is 2.46. The van der Waals surface area contributed by atoms with Crippen LogP contribution >= 0.6 is 0 Å². The number of hydrogen-bond acceptors (Lipinski definition) is 3. The average Bonchev–Trinajstić information content (AvgIpc) is 3.08. The van der Waals surface area contributed by atoms with Crippen LogP contribution < -0.4 is 5.32 Å². The number of hydrogen-bond donors (Lipinski definition) is 1. The lowest BCUT2D eigenvalue weighted by Crippen LogP contribution is -2.13. The molecular formula is C18H18N4O. The molecule has 1 aromatic heterocycles. The molecule has 3 rings (SSSR count). The largest absolute Gasteiger partial charge is 0.322 e. The van der Waals surface area contributed by atoms with E-state index in [1.54, 1.807) is 11.0 Å². The zero-order valence-corrected chi connectivity index (χ0v) is 12.9. The lowest BCUT2D eigenvalue weighted by Gasteiger charge is -2.10. The minimum atomic E-state index is -0.105. The summed E-state index contributed by atoms with van der Waals surface area (Å²) in [5.41, 5.74) is 3.63. The third-order valence-corrected chi connectivity index (χ3v) is 3.65. The van der Waals surface area contributed by atoms with Gasteiger partial charge in [0.05, 0.1) is 6.54 Å². The molecule has 5 heteroatoms. The molecule has 0 fully saturated rings. The van der Waals surface area contributed by atoms with Crippen molar-refractivity contribution in [3.63, 3.8) is 0 Å². The van der Waals surface area contributed by atoms with Crippen molar-refractivity contribution in [3.8, 4) is 0 Å². The Hall–Kier alpha value is -2.95. The predicted octanol–water partition coefficient (Wildman–Crippen LogP) is 3.14. The molecule has 2 aromatic carbocycles. The number of nitrogens with zero attached hydrogens (tertiary/aromatic N) is 3. The highest BCUT2D eigenvalue weighted by atomic mass is 16.1. The van der Waals surface area contributed by atoms with Crippen molar-refractivity contribution in [2.75, 3.05) is 5.32 Å². The first-order valence-electron chi connectivity index (χ1n) is 7.57. The van der Waals surface area contributed by atoms with Crippen molar-refractivity contribution < 1.29 is 4.79 Å². The van der Waals surface area contributed by atoms with Crippen LogP contribution in [0.5, 0.6) is 0 Å². The number of aromatic nitrogens is 3. The van der Waals surface area contributed by atoms with Gasteiger partial charge in [-0.05, 0) is 35.7 Å². The van der Waals surface area contributed by atoms with Crippen LogP contribution in [0.4, 0.5) is 5.69 Å². The Morgan fingerprint density at radius 3 is 2.83 bits per heavy atom. The van der Waals surface area contributed by atoms with Gasteiger partial charge < -0.3 is 5.32 Å². The normalized spacial score (nSPS) is 10.5. The molecule has 116 valence electrons. The van der Waals surface area contributed by atoms with Gasteiger partial charge in [0.2, 0.25) is 0 Å². The van der Waals surface area contributed by atoms with Gasteiger partial charge in [-0.3, -0.25) is 4.79 Å². The number of para-hydroxylation sites is 1. The number of anilines is 1. The molecule has 1 heterocycles. The molecule has 23 heavy (non-hydrogen) atoms. The van der Waals surface area contributed by atoms with Crippen LogP contribution in [0.3, 0.4) is 0 Å². The smallest absolute Gasteiger partial charge is 0.255 e. The Morgan fingerprint density at radius 2 is 2.04 bits per heavy atom. The number of aryl methyl sites for hydroxylation is 1. The molecular weight excluding hydrogens is 288 g/mol. The van der Waals surface area contributed by atoms with Crippen molar-refractivity contribution in [2.24, 2.45) is 0 Å². The van der Waals surface area contributed by atoms with E-state index in [-0.39, 0.29) is 5.91 Å². The molecule has 0 saturated carbocycles. The summed E-state index contributed by atoms with van der Waals surface area (Å²) in [5, 5.41) is 7.07. The lowest BCUT2D eigenvalue weighted by atomic mass is 10.1. The maximum absolute atomic E-state index is 12.5. The van der Waals surface area contributed by atoms with Gasteiger partial charge in [-0.1, -0.05) is 37.3 Å². The van der Waals surface area contributed by atoms with Gasteiger partial charge in [-0.15, -0.1) is 0 Å². The second-order valence-electron chi connectivity index (χ2n) is 5.26. The third kappa shape index (κ3) is 3.63. The van der Waals surface area contributed by atoms with E-state index < -0.39 is 0 Å². The van der Waals surface area contributed by atoms with Crippen LogP contribution in [0.25, 0.3) is 0 Å². The van der Waals surface area contributed by atoms with Crippen molar-refractivity contribution in [1.82, 2.24) is 14.8 Å². The quantitative estimate of drug-likeness (QED) is 0.788. The Morgan fingerprint density at radius 1 is 1.17 bits per heavy atom. The highest BCUT2D eigenvalue weighted by molar-refractivity contribution is 6.04. The first kappa shape index (κ1) is 15.0. The van der Waals surface area contributed by atoms with E-state index in [0.29, 0.717) is 12.1 Å². The maximum atomic E-state index is 12.5. The first-order valence-corrected chi connectivity index (χ1v) is 7.57. The highest BCUT2D eigenvalue weighted by Crippen LogP contribution is 2.17. The van der Waals surface area contributed by atoms with Crippen molar-refractivity contribution in [2.45, 2.75) is 19.9 Å². The summed E-state index contributed by atoms with van der Waals surface area (Å²) in [6.07, 6.45) is 4.03. The van der Waals surface area contributed by atoms with E-state index in [1.807, 2.05) is 48.5 Å². The molecule has 1 N–H and O–H groups in total. The Kier molecular flexibility index (Phi) is 4.47. The topological polar surface area (TPSA) is 59.8 Å². The van der Waals surface area contributed by atoms with Gasteiger partial charge in [0.15, 0.2) is 0 Å². The predicted molar refractivity (Wildman–Crippen MR) is 89.3 cm³/mol. The third-order valence-electron chi connectivity index (χ3n) is 3.65. The zero-order valence-electron chi connectivity index (χ0n) is 12.9. The number of carbonyl (C=O) groups is 1. The molecule has 1 amide bonds. The van der Waals surface area contributed by atoms with Crippen LogP contribution in [-0.4, -0.2) is 20.7 Å². The van der Waals surface area contributed by atoms with Gasteiger partial charge in [-0.25, -0.2) is 9.67 Å². The summed E-state index contributed by atoms with van der Waals surface area (Å²) in [6, 6.07) is 15.4. The summed E-state index contributed by atoms with van der Waals surface area (Å²) in [7, 11) is 0. The first-order chi connectivity index (χ1) is 11.3. The van der Waals surface area contributed by atoms with Gasteiger partial charge >= 0.3 is 0 Å². The Bertz CT molecular complexity index is 796. The zero-order chi connectivity index (χ0) is 16.1. The molecule has 0 bridgehead atoms. The van der Waals surface area contributed by atoms with Gasteiger partial charge in [-0.2, -0.15) is 5.10 Å². The van der Waals surface area contributed by atoms with Crippen LogP contribution in [0.2, 0.25) is 0 Å². The average molecular weight is 306 g/mol. The summed E-state index contributed by atoms with van der Waals surface area (Å²) in [6.45, 7) is 2.66. The summed E-state index contributed by atoms with van der Waals surface area (Å²) >= 11 is 0.